The summed E-state index contributed by atoms with van der Waals surface area (Å²) in [6, 6.07) is -0.849. The molecule has 1 heterocycles. The fraction of sp³-hybridized carbons (Fsp3) is 0.603. The van der Waals surface area contributed by atoms with Crippen LogP contribution in [-0.4, -0.2) is 87.5 Å². The Morgan fingerprint density at radius 3 is 1.43 bits per heavy atom. The number of aliphatic hydroxyl groups excluding tert-OH is 5. The molecule has 7 atom stereocenters. The number of hydrogen-bond acceptors (Lipinski definition) is 8. The highest BCUT2D eigenvalue weighted by Crippen LogP contribution is 2.22. The van der Waals surface area contributed by atoms with Gasteiger partial charge < -0.3 is 40.3 Å². The van der Waals surface area contributed by atoms with E-state index in [4.69, 9.17) is 9.47 Å². The van der Waals surface area contributed by atoms with Crippen molar-refractivity contribution in [2.24, 2.45) is 0 Å². The van der Waals surface area contributed by atoms with Crippen LogP contribution in [0.15, 0.2) is 134 Å². The molecule has 0 radical (unpaired) electrons. The number of hydrogen-bond donors (Lipinski definition) is 6. The number of rotatable bonds is 41. The quantitative estimate of drug-likeness (QED) is 0.0262. The summed E-state index contributed by atoms with van der Waals surface area (Å²) in [5, 5.41) is 54.2. The number of allylic oxidation sites excluding steroid dienone is 21. The lowest BCUT2D eigenvalue weighted by atomic mass is 9.99. The molecule has 1 fully saturated rings. The van der Waals surface area contributed by atoms with Gasteiger partial charge in [-0.3, -0.25) is 4.79 Å². The molecule has 0 aromatic carbocycles. The van der Waals surface area contributed by atoms with Gasteiger partial charge in [-0.05, 0) is 103 Å². The van der Waals surface area contributed by atoms with Gasteiger partial charge in [-0.2, -0.15) is 0 Å². The largest absolute Gasteiger partial charge is 0.394 e. The second kappa shape index (κ2) is 46.1. The first kappa shape index (κ1) is 61.3. The zero-order chi connectivity index (χ0) is 48.7. The van der Waals surface area contributed by atoms with Gasteiger partial charge in [0.1, 0.15) is 24.4 Å². The molecule has 1 amide bonds. The molecule has 1 aliphatic rings. The summed E-state index contributed by atoms with van der Waals surface area (Å²) in [5.41, 5.74) is 0. The number of carbonyl (C=O) groups is 1. The summed E-state index contributed by atoms with van der Waals surface area (Å²) in [6.07, 6.45) is 63.6. The molecule has 0 saturated carbocycles. The van der Waals surface area contributed by atoms with Crippen molar-refractivity contribution in [1.29, 1.82) is 0 Å². The van der Waals surface area contributed by atoms with Crippen molar-refractivity contribution in [3.8, 4) is 0 Å². The normalized spacial score (nSPS) is 20.9. The van der Waals surface area contributed by atoms with Crippen LogP contribution in [-0.2, 0) is 14.3 Å². The van der Waals surface area contributed by atoms with E-state index in [0.717, 1.165) is 96.3 Å². The zero-order valence-electron chi connectivity index (χ0n) is 41.6. The van der Waals surface area contributed by atoms with Crippen molar-refractivity contribution in [2.45, 2.75) is 211 Å². The predicted molar refractivity (Wildman–Crippen MR) is 280 cm³/mol. The smallest absolute Gasteiger partial charge is 0.220 e. The van der Waals surface area contributed by atoms with Gasteiger partial charge in [-0.15, -0.1) is 0 Å². The number of carbonyl (C=O) groups excluding carboxylic acids is 1. The Morgan fingerprint density at radius 2 is 0.940 bits per heavy atom. The molecule has 7 unspecified atom stereocenters. The number of unbranched alkanes of at least 4 members (excludes halogenated alkanes) is 11. The number of ether oxygens (including phenoxy) is 2. The van der Waals surface area contributed by atoms with Crippen molar-refractivity contribution in [3.63, 3.8) is 0 Å². The monoisotopic (exact) mass is 932 g/mol. The molecule has 9 heteroatoms. The Balaban J connectivity index is 2.31. The lowest BCUT2D eigenvalue weighted by Gasteiger charge is -2.40. The first-order valence-corrected chi connectivity index (χ1v) is 25.9. The van der Waals surface area contributed by atoms with Crippen LogP contribution in [0.5, 0.6) is 0 Å². The van der Waals surface area contributed by atoms with Crippen molar-refractivity contribution in [2.75, 3.05) is 13.2 Å². The molecular formula is C58H93NO8. The van der Waals surface area contributed by atoms with Crippen molar-refractivity contribution >= 4 is 5.91 Å². The first-order valence-electron chi connectivity index (χ1n) is 25.9. The first-order chi connectivity index (χ1) is 32.8. The molecule has 9 nitrogen and oxygen atoms in total. The molecule has 0 bridgehead atoms. The van der Waals surface area contributed by atoms with E-state index >= 15 is 0 Å². The van der Waals surface area contributed by atoms with Crippen LogP contribution in [0.2, 0.25) is 0 Å². The van der Waals surface area contributed by atoms with Gasteiger partial charge in [0.2, 0.25) is 5.91 Å². The van der Waals surface area contributed by atoms with Gasteiger partial charge in [0.05, 0.1) is 25.4 Å². The fourth-order valence-electron chi connectivity index (χ4n) is 7.10. The molecule has 1 rings (SSSR count). The van der Waals surface area contributed by atoms with Crippen LogP contribution in [0.3, 0.4) is 0 Å². The van der Waals surface area contributed by atoms with Crippen molar-refractivity contribution in [1.82, 2.24) is 5.32 Å². The Hall–Kier alpha value is -3.67. The number of aliphatic hydroxyl groups is 5. The highest BCUT2D eigenvalue weighted by Gasteiger charge is 2.44. The maximum absolute atomic E-state index is 13.0. The van der Waals surface area contributed by atoms with E-state index in [1.54, 1.807) is 6.08 Å². The highest BCUT2D eigenvalue weighted by molar-refractivity contribution is 5.76. The Bertz CT molecular complexity index is 1500. The molecule has 0 aliphatic carbocycles. The maximum Gasteiger partial charge on any atom is 0.220 e. The Kier molecular flexibility index (Phi) is 42.2. The maximum atomic E-state index is 13.0. The third-order valence-corrected chi connectivity index (χ3v) is 11.2. The molecule has 67 heavy (non-hydrogen) atoms. The van der Waals surface area contributed by atoms with Crippen molar-refractivity contribution < 1.29 is 39.8 Å². The van der Waals surface area contributed by atoms with Crippen LogP contribution in [0.1, 0.15) is 168 Å². The van der Waals surface area contributed by atoms with E-state index < -0.39 is 49.5 Å². The van der Waals surface area contributed by atoms with Crippen LogP contribution >= 0.6 is 0 Å². The highest BCUT2D eigenvalue weighted by atomic mass is 16.7. The van der Waals surface area contributed by atoms with Crippen LogP contribution in [0, 0.1) is 0 Å². The predicted octanol–water partition coefficient (Wildman–Crippen LogP) is 12.2. The molecule has 0 aromatic rings. The second-order valence-electron chi connectivity index (χ2n) is 17.2. The summed E-state index contributed by atoms with van der Waals surface area (Å²) in [4.78, 5) is 13.0. The van der Waals surface area contributed by atoms with Crippen LogP contribution < -0.4 is 5.32 Å². The molecule has 1 saturated heterocycles. The van der Waals surface area contributed by atoms with E-state index in [1.807, 2.05) is 6.08 Å². The lowest BCUT2D eigenvalue weighted by Crippen LogP contribution is -2.60. The summed E-state index contributed by atoms with van der Waals surface area (Å²) < 4.78 is 11.2. The van der Waals surface area contributed by atoms with Gasteiger partial charge in [-0.25, -0.2) is 0 Å². The second-order valence-corrected chi connectivity index (χ2v) is 17.2. The third-order valence-electron chi connectivity index (χ3n) is 11.2. The van der Waals surface area contributed by atoms with Gasteiger partial charge in [-0.1, -0.05) is 192 Å². The van der Waals surface area contributed by atoms with E-state index in [1.165, 1.54) is 44.9 Å². The molecular weight excluding hydrogens is 839 g/mol. The van der Waals surface area contributed by atoms with Gasteiger partial charge in [0.25, 0.3) is 0 Å². The van der Waals surface area contributed by atoms with Crippen molar-refractivity contribution in [3.05, 3.63) is 134 Å². The Morgan fingerprint density at radius 1 is 0.522 bits per heavy atom. The standard InChI is InChI=1S/C58H93NO8/c1-3-5-7-9-11-13-15-17-18-19-20-21-22-23-24-25-26-27-28-29-30-31-32-33-34-36-38-40-42-44-46-48-54(62)59-51(50-66-58-57(65)56(64)55(63)53(49-60)67-58)52(61)47-45-43-41-39-37-35-16-14-12-10-8-6-4-2/h5,7,11,13,17-18,20-21,23-24,26-27,29-30,32-33,36-39,45,47,51-53,55-58,60-61,63-65H,3-4,6,8-10,12,14-16,19,22,25,28,31,34-35,40-44,46,48-50H2,1-2H3,(H,59,62)/b7-5-,13-11-,18-17-,21-20-,24-23-,27-26-,30-29-,33-32-,38-36-,39-37+,47-45+. The molecule has 6 N–H and O–H groups in total. The summed E-state index contributed by atoms with van der Waals surface area (Å²) >= 11 is 0. The van der Waals surface area contributed by atoms with Crippen LogP contribution in [0.4, 0.5) is 0 Å². The minimum Gasteiger partial charge on any atom is -0.394 e. The topological polar surface area (TPSA) is 149 Å². The van der Waals surface area contributed by atoms with E-state index in [2.05, 4.69) is 141 Å². The van der Waals surface area contributed by atoms with E-state index in [9.17, 15) is 30.3 Å². The average molecular weight is 932 g/mol. The van der Waals surface area contributed by atoms with Gasteiger partial charge in [0, 0.05) is 6.42 Å². The zero-order valence-corrected chi connectivity index (χ0v) is 41.6. The molecule has 0 aromatic heterocycles. The summed E-state index contributed by atoms with van der Waals surface area (Å²) in [6.45, 7) is 3.58. The fourth-order valence-corrected chi connectivity index (χ4v) is 7.10. The minimum atomic E-state index is -1.59. The molecule has 378 valence electrons. The lowest BCUT2D eigenvalue weighted by molar-refractivity contribution is -0.302. The van der Waals surface area contributed by atoms with E-state index in [-0.39, 0.29) is 18.9 Å². The molecule has 0 spiro atoms. The molecule has 1 aliphatic heterocycles. The third kappa shape index (κ3) is 36.0. The summed E-state index contributed by atoms with van der Waals surface area (Å²) in [5.74, 6) is -0.227. The SMILES string of the molecule is CC/C=C\C/C=C\C/C=C\C/C=C\C/C=C\C/C=C\C/C=C\C/C=C\C/C=C\CCCCCC(=O)NC(COC1OC(CO)C(O)C(O)C1O)C(O)/C=C/CC/C=C/CCCCCCCCC. The van der Waals surface area contributed by atoms with Gasteiger partial charge in [0.15, 0.2) is 6.29 Å². The van der Waals surface area contributed by atoms with Crippen LogP contribution in [0.25, 0.3) is 0 Å². The number of nitrogens with one attached hydrogen (secondary N) is 1. The summed E-state index contributed by atoms with van der Waals surface area (Å²) in [7, 11) is 0. The van der Waals surface area contributed by atoms with Gasteiger partial charge >= 0.3 is 0 Å². The Labute approximate surface area is 407 Å². The van der Waals surface area contributed by atoms with E-state index in [0.29, 0.717) is 6.42 Å². The number of amides is 1. The average Bonchev–Trinajstić information content (AvgIpc) is 3.33. The minimum absolute atomic E-state index is 0.224.